The molecule has 11 nitrogen and oxygen atoms in total. The maximum Gasteiger partial charge on any atom is 0.407 e. The number of nitrogens with one attached hydrogen (secondary N) is 3. The SMILES string of the molecule is COC(=O)C[C@@H](/C=C/CCSC(c1ccccc1)(c1ccccc1)c1ccccc1)NC(=O)[C@@H](NC(=O)[C@]1(C)CSC(c2ccnc(CNC(=O)OC(C)(C)C)c2)=N1)C(C)C. The zero-order chi connectivity index (χ0) is 44.0. The molecule has 5 rings (SSSR count). The average molecular weight is 864 g/mol. The molecule has 0 spiro atoms. The molecule has 1 aliphatic heterocycles. The molecule has 322 valence electrons. The van der Waals surface area contributed by atoms with E-state index < -0.39 is 45.9 Å². The van der Waals surface area contributed by atoms with Gasteiger partial charge < -0.3 is 25.4 Å². The van der Waals surface area contributed by atoms with Crippen molar-refractivity contribution in [2.24, 2.45) is 10.9 Å². The van der Waals surface area contributed by atoms with Gasteiger partial charge in [0.05, 0.1) is 41.6 Å². The number of nitrogens with zero attached hydrogens (tertiary/aromatic N) is 2. The van der Waals surface area contributed by atoms with Gasteiger partial charge in [-0.2, -0.15) is 0 Å². The molecule has 0 radical (unpaired) electrons. The molecule has 4 aromatic rings. The lowest BCUT2D eigenvalue weighted by atomic mass is 9.84. The van der Waals surface area contributed by atoms with Crippen LogP contribution in [0.1, 0.15) is 82.3 Å². The smallest absolute Gasteiger partial charge is 0.407 e. The Bertz CT molecular complexity index is 2060. The van der Waals surface area contributed by atoms with E-state index in [9.17, 15) is 19.2 Å². The van der Waals surface area contributed by atoms with E-state index in [2.05, 4.69) is 93.7 Å². The second-order valence-electron chi connectivity index (χ2n) is 16.3. The first kappa shape index (κ1) is 46.7. The standard InChI is InChI=1S/C48H57N5O6S2/c1-33(2)41(52-44(56)47(6)32-60-43(53-47)34-26-27-49-39(29-34)31-50-45(57)59-46(3,4)5)42(55)51-38(30-40(54)58-7)25-17-18-28-61-48(35-19-11-8-12-20-35,36-21-13-9-14-22-36)37-23-15-10-16-24-37/h8-17,19-27,29,33,38,41H,18,28,30-32H2,1-7H3,(H,50,57)(H,51,55)(H,52,56)/b25-17+/t38-,41+,47+/m1/s1. The summed E-state index contributed by atoms with van der Waals surface area (Å²) in [5, 5.41) is 9.32. The number of pyridine rings is 1. The third-order valence-electron chi connectivity index (χ3n) is 9.89. The quantitative estimate of drug-likeness (QED) is 0.0390. The van der Waals surface area contributed by atoms with Gasteiger partial charge in [0.15, 0.2) is 0 Å². The highest BCUT2D eigenvalue weighted by Crippen LogP contribution is 2.48. The molecule has 0 aliphatic carbocycles. The zero-order valence-corrected chi connectivity index (χ0v) is 37.6. The number of alkyl carbamates (subject to hydrolysis) is 1. The van der Waals surface area contributed by atoms with Gasteiger partial charge in [-0.1, -0.05) is 117 Å². The van der Waals surface area contributed by atoms with Gasteiger partial charge >= 0.3 is 12.1 Å². The van der Waals surface area contributed by atoms with Crippen molar-refractivity contribution in [3.63, 3.8) is 0 Å². The van der Waals surface area contributed by atoms with Crippen LogP contribution in [0.2, 0.25) is 0 Å². The van der Waals surface area contributed by atoms with Crippen molar-refractivity contribution < 1.29 is 28.7 Å². The molecular formula is C48H57N5O6S2. The summed E-state index contributed by atoms with van der Waals surface area (Å²) in [5.41, 5.74) is 3.10. The van der Waals surface area contributed by atoms with Crippen LogP contribution in [0.4, 0.5) is 4.79 Å². The van der Waals surface area contributed by atoms with Crippen LogP contribution >= 0.6 is 23.5 Å². The molecule has 0 unspecified atom stereocenters. The maximum absolute atomic E-state index is 13.9. The van der Waals surface area contributed by atoms with Crippen LogP contribution < -0.4 is 16.0 Å². The molecule has 0 bridgehead atoms. The molecule has 3 aromatic carbocycles. The highest BCUT2D eigenvalue weighted by molar-refractivity contribution is 8.14. The molecule has 0 saturated heterocycles. The summed E-state index contributed by atoms with van der Waals surface area (Å²) in [7, 11) is 1.32. The van der Waals surface area contributed by atoms with E-state index in [0.29, 0.717) is 22.9 Å². The van der Waals surface area contributed by atoms with Crippen LogP contribution in [-0.4, -0.2) is 75.7 Å². The number of methoxy groups -OCH3 is 1. The first-order valence-corrected chi connectivity index (χ1v) is 22.4. The van der Waals surface area contributed by atoms with Crippen molar-refractivity contribution in [1.82, 2.24) is 20.9 Å². The van der Waals surface area contributed by atoms with Crippen LogP contribution in [0.5, 0.6) is 0 Å². The Labute approximate surface area is 368 Å². The topological polar surface area (TPSA) is 148 Å². The highest BCUT2D eigenvalue weighted by Gasteiger charge is 2.41. The summed E-state index contributed by atoms with van der Waals surface area (Å²) < 4.78 is 9.84. The maximum atomic E-state index is 13.9. The van der Waals surface area contributed by atoms with Crippen molar-refractivity contribution in [3.05, 3.63) is 149 Å². The monoisotopic (exact) mass is 863 g/mol. The molecule has 3 atom stereocenters. The Morgan fingerprint density at radius 2 is 1.48 bits per heavy atom. The molecule has 61 heavy (non-hydrogen) atoms. The summed E-state index contributed by atoms with van der Waals surface area (Å²) in [6.07, 6.45) is 5.49. The van der Waals surface area contributed by atoms with Crippen molar-refractivity contribution in [1.29, 1.82) is 0 Å². The van der Waals surface area contributed by atoms with E-state index in [-0.39, 0.29) is 24.8 Å². The number of rotatable bonds is 18. The van der Waals surface area contributed by atoms with Crippen LogP contribution in [0.25, 0.3) is 0 Å². The average Bonchev–Trinajstić information content (AvgIpc) is 3.66. The summed E-state index contributed by atoms with van der Waals surface area (Å²) >= 11 is 3.26. The van der Waals surface area contributed by atoms with Crippen LogP contribution in [0.15, 0.2) is 126 Å². The predicted octanol–water partition coefficient (Wildman–Crippen LogP) is 8.22. The van der Waals surface area contributed by atoms with Gasteiger partial charge in [0.1, 0.15) is 17.2 Å². The third kappa shape index (κ3) is 12.8. The molecular weight excluding hydrogens is 807 g/mol. The molecule has 3 N–H and O–H groups in total. The number of allylic oxidation sites excluding steroid dienone is 1. The second-order valence-corrected chi connectivity index (χ2v) is 18.6. The molecule has 2 heterocycles. The Morgan fingerprint density at radius 1 is 0.885 bits per heavy atom. The normalized spacial score (nSPS) is 16.4. The van der Waals surface area contributed by atoms with Crippen LogP contribution in [0.3, 0.4) is 0 Å². The molecule has 0 fully saturated rings. The van der Waals surface area contributed by atoms with E-state index in [1.54, 1.807) is 40.0 Å². The van der Waals surface area contributed by atoms with E-state index in [0.717, 1.165) is 11.3 Å². The lowest BCUT2D eigenvalue weighted by Crippen LogP contribution is -2.56. The predicted molar refractivity (Wildman–Crippen MR) is 245 cm³/mol. The fourth-order valence-electron chi connectivity index (χ4n) is 6.79. The van der Waals surface area contributed by atoms with Gasteiger partial charge in [-0.3, -0.25) is 24.4 Å². The lowest BCUT2D eigenvalue weighted by Gasteiger charge is -2.35. The second kappa shape index (κ2) is 21.4. The number of benzene rings is 3. The number of carbonyl (C=O) groups excluding carboxylic acids is 4. The number of aromatic nitrogens is 1. The zero-order valence-electron chi connectivity index (χ0n) is 36.0. The highest BCUT2D eigenvalue weighted by atomic mass is 32.2. The Balaban J connectivity index is 1.26. The summed E-state index contributed by atoms with van der Waals surface area (Å²) in [4.78, 5) is 61.7. The van der Waals surface area contributed by atoms with Crippen molar-refractivity contribution in [3.8, 4) is 0 Å². The van der Waals surface area contributed by atoms with Gasteiger partial charge in [-0.25, -0.2) is 4.79 Å². The molecule has 13 heteroatoms. The van der Waals surface area contributed by atoms with E-state index in [1.807, 2.05) is 62.0 Å². The summed E-state index contributed by atoms with van der Waals surface area (Å²) in [5.74, 6) is -0.445. The first-order chi connectivity index (χ1) is 29.1. The summed E-state index contributed by atoms with van der Waals surface area (Å²) in [6.45, 7) is 11.0. The molecule has 1 aromatic heterocycles. The number of esters is 1. The van der Waals surface area contributed by atoms with Crippen LogP contribution in [-0.2, 0) is 35.1 Å². The van der Waals surface area contributed by atoms with Gasteiger partial charge in [0.25, 0.3) is 0 Å². The van der Waals surface area contributed by atoms with Gasteiger partial charge in [-0.05, 0) is 74.6 Å². The largest absolute Gasteiger partial charge is 0.469 e. The third-order valence-corrected chi connectivity index (χ3v) is 12.8. The fraction of sp³-hybridized carbons (Fsp3) is 0.375. The van der Waals surface area contributed by atoms with Crippen molar-refractivity contribution in [2.75, 3.05) is 18.6 Å². The minimum absolute atomic E-state index is 0.0736. The van der Waals surface area contributed by atoms with Crippen LogP contribution in [0, 0.1) is 5.92 Å². The Morgan fingerprint density at radius 3 is 2.02 bits per heavy atom. The van der Waals surface area contributed by atoms with Gasteiger partial charge in [-0.15, -0.1) is 23.5 Å². The number of hydrogen-bond donors (Lipinski definition) is 3. The van der Waals surface area contributed by atoms with Gasteiger partial charge in [0, 0.05) is 17.5 Å². The number of thioether (sulfide) groups is 2. The number of hydrogen-bond acceptors (Lipinski definition) is 10. The lowest BCUT2D eigenvalue weighted by molar-refractivity contribution is -0.141. The number of aliphatic imine (C=N–C) groups is 1. The molecule has 3 amide bonds. The van der Waals surface area contributed by atoms with Crippen molar-refractivity contribution in [2.45, 2.75) is 88.9 Å². The van der Waals surface area contributed by atoms with Gasteiger partial charge in [0.2, 0.25) is 11.8 Å². The number of carbonyl (C=O) groups is 4. The minimum Gasteiger partial charge on any atom is -0.469 e. The first-order valence-electron chi connectivity index (χ1n) is 20.4. The van der Waals surface area contributed by atoms with E-state index in [1.165, 1.54) is 35.6 Å². The Kier molecular flexibility index (Phi) is 16.4. The number of ether oxygens (including phenoxy) is 2. The molecule has 1 aliphatic rings. The van der Waals surface area contributed by atoms with E-state index in [4.69, 9.17) is 14.5 Å². The minimum atomic E-state index is -1.15. The fourth-order valence-corrected chi connectivity index (χ4v) is 9.43. The van der Waals surface area contributed by atoms with E-state index >= 15 is 0 Å². The Hall–Kier alpha value is -5.40. The molecule has 0 saturated carbocycles. The number of amides is 3. The van der Waals surface area contributed by atoms with Crippen molar-refractivity contribution >= 4 is 52.4 Å². The summed E-state index contributed by atoms with van der Waals surface area (Å²) in [6, 6.07) is 33.5.